The van der Waals surface area contributed by atoms with E-state index >= 15 is 0 Å². The van der Waals surface area contributed by atoms with E-state index < -0.39 is 11.6 Å². The van der Waals surface area contributed by atoms with E-state index in [2.05, 4.69) is 39.8 Å². The van der Waals surface area contributed by atoms with Crippen LogP contribution in [0.25, 0.3) is 10.9 Å². The molecule has 8 heteroatoms. The van der Waals surface area contributed by atoms with Crippen molar-refractivity contribution in [2.24, 2.45) is 4.99 Å². The zero-order valence-corrected chi connectivity index (χ0v) is 21.6. The summed E-state index contributed by atoms with van der Waals surface area (Å²) in [5, 5.41) is 5.17. The van der Waals surface area contributed by atoms with E-state index in [0.717, 1.165) is 57.6 Å². The van der Waals surface area contributed by atoms with Gasteiger partial charge >= 0.3 is 0 Å². The number of nitrogens with one attached hydrogen (secondary N) is 1. The highest BCUT2D eigenvalue weighted by Gasteiger charge is 2.25. The Balaban J connectivity index is 1.56. The van der Waals surface area contributed by atoms with Crippen molar-refractivity contribution in [1.29, 1.82) is 0 Å². The molecule has 190 valence electrons. The average molecular weight is 519 g/mol. The van der Waals surface area contributed by atoms with Crippen molar-refractivity contribution in [3.63, 3.8) is 0 Å². The van der Waals surface area contributed by atoms with Gasteiger partial charge in [-0.3, -0.25) is 14.8 Å². The molecular weight excluding hydrogens is 490 g/mol. The van der Waals surface area contributed by atoms with Crippen LogP contribution in [0.5, 0.6) is 0 Å². The van der Waals surface area contributed by atoms with Crippen LogP contribution in [0.3, 0.4) is 0 Å². The van der Waals surface area contributed by atoms with Gasteiger partial charge in [-0.15, -0.1) is 0 Å². The first-order valence-electron chi connectivity index (χ1n) is 12.4. The molecule has 0 atom stereocenters. The third-order valence-electron chi connectivity index (χ3n) is 6.44. The number of fused-ring (bicyclic) bond motifs is 1. The largest absolute Gasteiger partial charge is 0.338 e. The van der Waals surface area contributed by atoms with E-state index in [9.17, 15) is 13.6 Å². The van der Waals surface area contributed by atoms with Gasteiger partial charge in [0.15, 0.2) is 22.6 Å². The van der Waals surface area contributed by atoms with Crippen LogP contribution >= 0.6 is 11.8 Å². The fourth-order valence-corrected chi connectivity index (χ4v) is 5.52. The Morgan fingerprint density at radius 2 is 1.97 bits per heavy atom. The first kappa shape index (κ1) is 25.1. The van der Waals surface area contributed by atoms with Crippen LogP contribution in [0, 0.1) is 11.6 Å². The number of anilines is 1. The van der Waals surface area contributed by atoms with Crippen molar-refractivity contribution in [2.45, 2.75) is 39.2 Å². The third-order valence-corrected chi connectivity index (χ3v) is 7.33. The lowest BCUT2D eigenvalue weighted by Crippen LogP contribution is -2.11. The molecule has 0 radical (unpaired) electrons. The second-order valence-corrected chi connectivity index (χ2v) is 10.5. The molecule has 0 fully saturated rings. The summed E-state index contributed by atoms with van der Waals surface area (Å²) in [5.41, 5.74) is 4.98. The van der Waals surface area contributed by atoms with Gasteiger partial charge in [0.05, 0.1) is 24.3 Å². The highest BCUT2D eigenvalue weighted by molar-refractivity contribution is 8.14. The number of rotatable bonds is 8. The van der Waals surface area contributed by atoms with Gasteiger partial charge in [-0.1, -0.05) is 43.8 Å². The molecule has 0 amide bonds. The molecule has 2 aromatic carbocycles. The molecular formula is C29H28F2N4OS. The Kier molecular flexibility index (Phi) is 7.37. The monoisotopic (exact) mass is 518 g/mol. The van der Waals surface area contributed by atoms with Gasteiger partial charge in [0.2, 0.25) is 0 Å². The van der Waals surface area contributed by atoms with E-state index in [1.54, 1.807) is 18.0 Å². The Labute approximate surface area is 219 Å². The topological polar surface area (TPSA) is 59.3 Å². The van der Waals surface area contributed by atoms with Crippen LogP contribution in [-0.2, 0) is 13.0 Å². The zero-order chi connectivity index (χ0) is 25.9. The molecule has 4 aromatic rings. The van der Waals surface area contributed by atoms with Crippen molar-refractivity contribution in [3.05, 3.63) is 94.9 Å². The fourth-order valence-electron chi connectivity index (χ4n) is 4.78. The van der Waals surface area contributed by atoms with Gasteiger partial charge < -0.3 is 9.88 Å². The van der Waals surface area contributed by atoms with Crippen molar-refractivity contribution in [2.75, 3.05) is 17.6 Å². The maximum absolute atomic E-state index is 13.7. The summed E-state index contributed by atoms with van der Waals surface area (Å²) in [6.07, 6.45) is 2.30. The average Bonchev–Trinajstić information content (AvgIpc) is 3.51. The molecule has 5 rings (SSSR count). The number of halogens is 2. The molecule has 1 N–H and O–H groups in total. The molecule has 37 heavy (non-hydrogen) atoms. The van der Waals surface area contributed by atoms with Gasteiger partial charge in [-0.2, -0.15) is 0 Å². The summed E-state index contributed by atoms with van der Waals surface area (Å²) in [7, 11) is 0. The second kappa shape index (κ2) is 10.8. The Morgan fingerprint density at radius 3 is 2.68 bits per heavy atom. The van der Waals surface area contributed by atoms with Gasteiger partial charge in [-0.05, 0) is 54.3 Å². The predicted molar refractivity (Wildman–Crippen MR) is 147 cm³/mol. The molecule has 1 aliphatic rings. The molecule has 2 aromatic heterocycles. The number of pyridine rings is 1. The first-order chi connectivity index (χ1) is 17.9. The number of hydrogen-bond acceptors (Lipinski definition) is 5. The van der Waals surface area contributed by atoms with Gasteiger partial charge in [0.1, 0.15) is 0 Å². The summed E-state index contributed by atoms with van der Waals surface area (Å²) in [4.78, 5) is 22.7. The number of carbonyl (C=O) groups is 1. The van der Waals surface area contributed by atoms with E-state index in [4.69, 9.17) is 0 Å². The standard InChI is InChI=1S/C29H28F2N4OS/c1-18(2)28-27(26(36)11-7-19-6-10-23(30)24(31)15-19)22-9-8-20(34-29-33-13-14-37-29)16-25(22)35(28)17-21-5-3-4-12-32-21/h3-6,8-10,12,15-16,18H,7,11,13-14,17H2,1-2H3,(H,33,34). The first-order valence-corrected chi connectivity index (χ1v) is 13.4. The molecule has 5 nitrogen and oxygen atoms in total. The van der Waals surface area contributed by atoms with Gasteiger partial charge in [0, 0.05) is 40.7 Å². The third kappa shape index (κ3) is 5.44. The van der Waals surface area contributed by atoms with Crippen LogP contribution in [0.15, 0.2) is 65.8 Å². The summed E-state index contributed by atoms with van der Waals surface area (Å²) in [6, 6.07) is 15.7. The van der Waals surface area contributed by atoms with Crippen LogP contribution in [0.2, 0.25) is 0 Å². The van der Waals surface area contributed by atoms with E-state index in [1.165, 1.54) is 6.07 Å². The SMILES string of the molecule is CC(C)c1c(C(=O)CCc2ccc(F)c(F)c2)c2ccc(NC3=NCCS3)cc2n1Cc1ccccn1. The number of nitrogens with zero attached hydrogens (tertiary/aromatic N) is 3. The van der Waals surface area contributed by atoms with Crippen molar-refractivity contribution >= 4 is 39.3 Å². The number of amidine groups is 1. The number of carbonyl (C=O) groups excluding carboxylic acids is 1. The second-order valence-electron chi connectivity index (χ2n) is 9.39. The van der Waals surface area contributed by atoms with Crippen LogP contribution in [0.1, 0.15) is 53.5 Å². The normalized spacial score (nSPS) is 13.4. The van der Waals surface area contributed by atoms with E-state index in [1.807, 2.05) is 30.3 Å². The molecule has 1 aliphatic heterocycles. The molecule has 0 spiro atoms. The Morgan fingerprint density at radius 1 is 1.11 bits per heavy atom. The number of hydrogen-bond donors (Lipinski definition) is 1. The molecule has 3 heterocycles. The van der Waals surface area contributed by atoms with Crippen LogP contribution in [-0.4, -0.2) is 32.8 Å². The minimum absolute atomic E-state index is 0.0189. The number of ketones is 1. The Bertz CT molecular complexity index is 1480. The van der Waals surface area contributed by atoms with Gasteiger partial charge in [-0.25, -0.2) is 8.78 Å². The van der Waals surface area contributed by atoms with Crippen molar-refractivity contribution in [1.82, 2.24) is 9.55 Å². The summed E-state index contributed by atoms with van der Waals surface area (Å²) >= 11 is 1.69. The molecule has 0 bridgehead atoms. The highest BCUT2D eigenvalue weighted by Crippen LogP contribution is 2.35. The van der Waals surface area contributed by atoms with E-state index in [0.29, 0.717) is 24.1 Å². The van der Waals surface area contributed by atoms with Crippen molar-refractivity contribution in [3.8, 4) is 0 Å². The summed E-state index contributed by atoms with van der Waals surface area (Å²) in [5.74, 6) is -0.764. The lowest BCUT2D eigenvalue weighted by molar-refractivity contribution is 0.0983. The molecule has 0 aliphatic carbocycles. The predicted octanol–water partition coefficient (Wildman–Crippen LogP) is 6.82. The molecule has 0 saturated heterocycles. The number of aromatic nitrogens is 2. The van der Waals surface area contributed by atoms with Gasteiger partial charge in [0.25, 0.3) is 0 Å². The molecule has 0 saturated carbocycles. The quantitative estimate of drug-likeness (QED) is 0.260. The number of thioether (sulfide) groups is 1. The number of Topliss-reactive ketones (excluding diaryl/α,β-unsaturated/α-hetero) is 1. The fraction of sp³-hybridized carbons (Fsp3) is 0.276. The Hall–Kier alpha value is -3.52. The molecule has 0 unspecified atom stereocenters. The van der Waals surface area contributed by atoms with Crippen molar-refractivity contribution < 1.29 is 13.6 Å². The smallest absolute Gasteiger partial charge is 0.165 e. The lowest BCUT2D eigenvalue weighted by Gasteiger charge is -2.15. The van der Waals surface area contributed by atoms with Crippen LogP contribution < -0.4 is 5.32 Å². The number of benzene rings is 2. The zero-order valence-electron chi connectivity index (χ0n) is 20.8. The minimum Gasteiger partial charge on any atom is -0.338 e. The maximum atomic E-state index is 13.7. The highest BCUT2D eigenvalue weighted by atomic mass is 32.2. The van der Waals surface area contributed by atoms with E-state index in [-0.39, 0.29) is 18.1 Å². The number of aliphatic imine (C=N–C) groups is 1. The lowest BCUT2D eigenvalue weighted by atomic mass is 9.96. The summed E-state index contributed by atoms with van der Waals surface area (Å²) < 4.78 is 29.3. The minimum atomic E-state index is -0.898. The van der Waals surface area contributed by atoms with Crippen LogP contribution in [0.4, 0.5) is 14.5 Å². The maximum Gasteiger partial charge on any atom is 0.165 e. The summed E-state index contributed by atoms with van der Waals surface area (Å²) in [6.45, 7) is 5.50. The number of aryl methyl sites for hydroxylation is 1.